The highest BCUT2D eigenvalue weighted by molar-refractivity contribution is 5.85. The third-order valence-corrected chi connectivity index (χ3v) is 7.35. The van der Waals surface area contributed by atoms with E-state index in [1.807, 2.05) is 6.92 Å². The molecule has 2 aliphatic heterocycles. The van der Waals surface area contributed by atoms with E-state index in [0.717, 1.165) is 19.3 Å². The lowest BCUT2D eigenvalue weighted by atomic mass is 9.54. The third kappa shape index (κ3) is 2.22. The number of rotatable bonds is 1. The zero-order valence-corrected chi connectivity index (χ0v) is 15.5. The van der Waals surface area contributed by atoms with Crippen molar-refractivity contribution in [2.24, 2.45) is 10.8 Å². The number of carbonyl (C=O) groups is 1. The van der Waals surface area contributed by atoms with Crippen LogP contribution in [0.5, 0.6) is 0 Å². The van der Waals surface area contributed by atoms with E-state index in [2.05, 4.69) is 20.8 Å². The van der Waals surface area contributed by atoms with Crippen LogP contribution in [0.2, 0.25) is 0 Å². The molecule has 0 bridgehead atoms. The molecule has 1 saturated heterocycles. The molecule has 25 heavy (non-hydrogen) atoms. The fraction of sp³-hybridized carbons (Fsp3) is 0.750. The summed E-state index contributed by atoms with van der Waals surface area (Å²) in [6.45, 7) is 8.69. The Bertz CT molecular complexity index is 690. The highest BCUT2D eigenvalue weighted by atomic mass is 16.6. The van der Waals surface area contributed by atoms with Crippen LogP contribution in [0.1, 0.15) is 59.8 Å². The molecule has 5 heteroatoms. The van der Waals surface area contributed by atoms with Crippen LogP contribution in [0.25, 0.3) is 0 Å². The highest BCUT2D eigenvalue weighted by Crippen LogP contribution is 2.63. The minimum Gasteiger partial charge on any atom is -0.429 e. The molecule has 2 aliphatic carbocycles. The molecule has 0 aromatic rings. The SMILES string of the molecule is CC1(C)CCCC2=C1C[C@H](O)[C@]1(C)O[C@@H](C3=CC(=O)O[C@H]3O)C[C@]21C. The van der Waals surface area contributed by atoms with E-state index in [4.69, 9.17) is 9.47 Å². The maximum Gasteiger partial charge on any atom is 0.333 e. The Kier molecular flexibility index (Phi) is 3.57. The van der Waals surface area contributed by atoms with Crippen molar-refractivity contribution in [3.8, 4) is 0 Å². The number of ether oxygens (including phenoxy) is 2. The summed E-state index contributed by atoms with van der Waals surface area (Å²) < 4.78 is 11.2. The number of hydrogen-bond acceptors (Lipinski definition) is 5. The molecule has 0 unspecified atom stereocenters. The van der Waals surface area contributed by atoms with Crippen molar-refractivity contribution in [1.29, 1.82) is 0 Å². The second-order valence-corrected chi connectivity index (χ2v) is 9.10. The van der Waals surface area contributed by atoms with Crippen molar-refractivity contribution < 1.29 is 24.5 Å². The number of aliphatic hydroxyl groups is 2. The van der Waals surface area contributed by atoms with Gasteiger partial charge in [0.25, 0.3) is 0 Å². The van der Waals surface area contributed by atoms with E-state index in [9.17, 15) is 15.0 Å². The van der Waals surface area contributed by atoms with Crippen LogP contribution in [0, 0.1) is 10.8 Å². The molecule has 1 fully saturated rings. The van der Waals surface area contributed by atoms with Crippen molar-refractivity contribution in [3.63, 3.8) is 0 Å². The maximum absolute atomic E-state index is 11.5. The summed E-state index contributed by atoms with van der Waals surface area (Å²) >= 11 is 0. The van der Waals surface area contributed by atoms with Gasteiger partial charge >= 0.3 is 5.97 Å². The summed E-state index contributed by atoms with van der Waals surface area (Å²) in [6, 6.07) is 0. The molecule has 0 radical (unpaired) electrons. The van der Waals surface area contributed by atoms with Crippen LogP contribution >= 0.6 is 0 Å². The minimum atomic E-state index is -1.24. The highest BCUT2D eigenvalue weighted by Gasteiger charge is 2.64. The number of hydrogen-bond donors (Lipinski definition) is 2. The van der Waals surface area contributed by atoms with E-state index in [-0.39, 0.29) is 10.8 Å². The zero-order chi connectivity index (χ0) is 18.2. The summed E-state index contributed by atoms with van der Waals surface area (Å²) in [4.78, 5) is 11.5. The smallest absolute Gasteiger partial charge is 0.333 e. The van der Waals surface area contributed by atoms with Crippen LogP contribution in [0.3, 0.4) is 0 Å². The number of carbonyl (C=O) groups excluding carboxylic acids is 1. The molecule has 2 N–H and O–H groups in total. The Labute approximate surface area is 148 Å². The average Bonchev–Trinajstić information content (AvgIpc) is 2.99. The van der Waals surface area contributed by atoms with Gasteiger partial charge in [0.05, 0.1) is 12.2 Å². The maximum atomic E-state index is 11.5. The minimum absolute atomic E-state index is 0.0994. The summed E-state index contributed by atoms with van der Waals surface area (Å²) in [6.07, 6.45) is 3.69. The van der Waals surface area contributed by atoms with Crippen molar-refractivity contribution in [1.82, 2.24) is 0 Å². The summed E-state index contributed by atoms with van der Waals surface area (Å²) in [7, 11) is 0. The fourth-order valence-corrected chi connectivity index (χ4v) is 5.58. The predicted octanol–water partition coefficient (Wildman–Crippen LogP) is 2.61. The van der Waals surface area contributed by atoms with E-state index >= 15 is 0 Å². The molecule has 5 nitrogen and oxygen atoms in total. The Balaban J connectivity index is 1.78. The van der Waals surface area contributed by atoms with Gasteiger partial charge in [-0.25, -0.2) is 4.79 Å². The molecule has 4 aliphatic rings. The second-order valence-electron chi connectivity index (χ2n) is 9.10. The van der Waals surface area contributed by atoms with Crippen molar-refractivity contribution >= 4 is 5.97 Å². The van der Waals surface area contributed by atoms with Gasteiger partial charge in [-0.15, -0.1) is 0 Å². The standard InChI is InChI=1S/C20H28O5/c1-18(2)7-5-6-12-13(18)9-15(21)20(4)19(12,3)10-14(25-20)11-8-16(22)24-17(11)23/h8,14-15,17,21,23H,5-7,9-10H2,1-4H3/t14-,15+,17-,19-,20+/m1/s1. The third-order valence-electron chi connectivity index (χ3n) is 7.35. The van der Waals surface area contributed by atoms with Gasteiger partial charge in [-0.2, -0.15) is 0 Å². The van der Waals surface area contributed by atoms with E-state index in [0.29, 0.717) is 18.4 Å². The second kappa shape index (κ2) is 5.18. The molecular formula is C20H28O5. The van der Waals surface area contributed by atoms with Gasteiger partial charge < -0.3 is 19.7 Å². The van der Waals surface area contributed by atoms with E-state index in [1.54, 1.807) is 0 Å². The Morgan fingerprint density at radius 3 is 2.52 bits per heavy atom. The van der Waals surface area contributed by atoms with Crippen LogP contribution in [-0.4, -0.2) is 40.3 Å². The average molecular weight is 348 g/mol. The van der Waals surface area contributed by atoms with Crippen molar-refractivity contribution in [3.05, 3.63) is 22.8 Å². The van der Waals surface area contributed by atoms with Crippen LogP contribution < -0.4 is 0 Å². The first-order chi connectivity index (χ1) is 11.6. The van der Waals surface area contributed by atoms with Crippen molar-refractivity contribution in [2.75, 3.05) is 0 Å². The first kappa shape index (κ1) is 17.3. The van der Waals surface area contributed by atoms with E-state index < -0.39 is 30.1 Å². The predicted molar refractivity (Wildman–Crippen MR) is 91.5 cm³/mol. The summed E-state index contributed by atoms with van der Waals surface area (Å²) in [5.74, 6) is -0.532. The Hall–Kier alpha value is -1.17. The molecular weight excluding hydrogens is 320 g/mol. The van der Waals surface area contributed by atoms with Crippen LogP contribution in [-0.2, 0) is 14.3 Å². The molecule has 0 aromatic heterocycles. The normalized spacial score (nSPS) is 45.8. The molecule has 138 valence electrons. The number of cyclic esters (lactones) is 1. The molecule has 2 heterocycles. The van der Waals surface area contributed by atoms with Gasteiger partial charge in [0.2, 0.25) is 6.29 Å². The topological polar surface area (TPSA) is 76.0 Å². The van der Waals surface area contributed by atoms with Crippen LogP contribution in [0.4, 0.5) is 0 Å². The molecule has 5 atom stereocenters. The molecule has 0 spiro atoms. The van der Waals surface area contributed by atoms with Gasteiger partial charge in [0.1, 0.15) is 5.60 Å². The lowest BCUT2D eigenvalue weighted by Crippen LogP contribution is -2.56. The monoisotopic (exact) mass is 348 g/mol. The number of aliphatic hydroxyl groups excluding tert-OH is 2. The van der Waals surface area contributed by atoms with Crippen LogP contribution in [0.15, 0.2) is 22.8 Å². The molecule has 0 amide bonds. The van der Waals surface area contributed by atoms with E-state index in [1.165, 1.54) is 17.2 Å². The Morgan fingerprint density at radius 2 is 1.88 bits per heavy atom. The summed E-state index contributed by atoms with van der Waals surface area (Å²) in [5.41, 5.74) is 2.33. The number of esters is 1. The number of fused-ring (bicyclic) bond motifs is 2. The zero-order valence-electron chi connectivity index (χ0n) is 15.5. The van der Waals surface area contributed by atoms with Gasteiger partial charge in [0, 0.05) is 17.1 Å². The van der Waals surface area contributed by atoms with Gasteiger partial charge in [0.15, 0.2) is 0 Å². The molecule has 4 rings (SSSR count). The molecule has 0 aromatic carbocycles. The van der Waals surface area contributed by atoms with Crippen molar-refractivity contribution in [2.45, 2.75) is 83.9 Å². The fourth-order valence-electron chi connectivity index (χ4n) is 5.58. The van der Waals surface area contributed by atoms with Gasteiger partial charge in [-0.1, -0.05) is 31.9 Å². The summed E-state index contributed by atoms with van der Waals surface area (Å²) in [5, 5.41) is 21.1. The van der Waals surface area contributed by atoms with Gasteiger partial charge in [-0.3, -0.25) is 0 Å². The Morgan fingerprint density at radius 1 is 1.16 bits per heavy atom. The molecule has 0 saturated carbocycles. The first-order valence-corrected chi connectivity index (χ1v) is 9.27. The first-order valence-electron chi connectivity index (χ1n) is 9.27. The lowest BCUT2D eigenvalue weighted by molar-refractivity contribution is -0.156. The van der Waals surface area contributed by atoms with Gasteiger partial charge in [-0.05, 0) is 44.4 Å². The lowest BCUT2D eigenvalue weighted by Gasteiger charge is -2.53. The quantitative estimate of drug-likeness (QED) is 0.563. The largest absolute Gasteiger partial charge is 0.429 e.